The Morgan fingerprint density at radius 2 is 1.77 bits per heavy atom. The Morgan fingerprint density at radius 3 is 2.45 bits per heavy atom. The first-order chi connectivity index (χ1) is 14.9. The number of nitro benzene ring substituents is 1. The van der Waals surface area contributed by atoms with Crippen LogP contribution in [-0.2, 0) is 6.54 Å². The van der Waals surface area contributed by atoms with Gasteiger partial charge in [0.25, 0.3) is 11.2 Å². The van der Waals surface area contributed by atoms with Gasteiger partial charge in [-0.1, -0.05) is 0 Å². The number of carbonyl (C=O) groups excluding carboxylic acids is 1. The van der Waals surface area contributed by atoms with Gasteiger partial charge in [-0.3, -0.25) is 19.7 Å². The lowest BCUT2D eigenvalue weighted by Crippen LogP contribution is -2.25. The molecule has 1 aromatic heterocycles. The lowest BCUT2D eigenvalue weighted by molar-refractivity contribution is -0.384. The number of nitrogens with zero attached hydrogens (tertiary/aromatic N) is 3. The Hall–Kier alpha value is -3.72. The highest BCUT2D eigenvalue weighted by Crippen LogP contribution is 2.46. The van der Waals surface area contributed by atoms with Crippen LogP contribution in [0.3, 0.4) is 0 Å². The number of non-ortho nitro benzene ring substituents is 1. The molecule has 0 spiro atoms. The third kappa shape index (κ3) is 2.89. The van der Waals surface area contributed by atoms with E-state index in [-0.39, 0.29) is 29.2 Å². The number of ketones is 1. The lowest BCUT2D eigenvalue weighted by Gasteiger charge is -2.16. The summed E-state index contributed by atoms with van der Waals surface area (Å²) in [5.41, 5.74) is 1.43. The number of pyridine rings is 1. The van der Waals surface area contributed by atoms with Gasteiger partial charge < -0.3 is 18.9 Å². The average molecular weight is 421 g/mol. The third-order valence-electron chi connectivity index (χ3n) is 5.69. The van der Waals surface area contributed by atoms with E-state index < -0.39 is 4.92 Å². The molecule has 5 rings (SSSR count). The van der Waals surface area contributed by atoms with Crippen LogP contribution < -0.4 is 15.0 Å². The van der Waals surface area contributed by atoms with E-state index in [1.165, 1.54) is 18.2 Å². The van der Waals surface area contributed by atoms with Gasteiger partial charge in [0, 0.05) is 35.2 Å². The first-order valence-electron chi connectivity index (χ1n) is 9.85. The van der Waals surface area contributed by atoms with Gasteiger partial charge in [-0.2, -0.15) is 0 Å². The molecular formula is C22H19N3O6. The molecule has 9 heteroatoms. The number of fused-ring (bicyclic) bond motifs is 6. The average Bonchev–Trinajstić information content (AvgIpc) is 3.30. The molecule has 0 bridgehead atoms. The molecule has 0 N–H and O–H groups in total. The minimum absolute atomic E-state index is 0.0797. The van der Waals surface area contributed by atoms with E-state index in [4.69, 9.17) is 9.47 Å². The van der Waals surface area contributed by atoms with Crippen LogP contribution in [0.4, 0.5) is 5.69 Å². The van der Waals surface area contributed by atoms with E-state index in [0.29, 0.717) is 52.2 Å². The first-order valence-corrected chi connectivity index (χ1v) is 9.85. The van der Waals surface area contributed by atoms with Crippen LogP contribution in [0, 0.1) is 10.1 Å². The van der Waals surface area contributed by atoms with Crippen molar-refractivity contribution in [2.75, 3.05) is 27.4 Å². The summed E-state index contributed by atoms with van der Waals surface area (Å²) in [6.45, 7) is 1.20. The van der Waals surface area contributed by atoms with E-state index in [2.05, 4.69) is 0 Å². The zero-order valence-corrected chi connectivity index (χ0v) is 17.0. The van der Waals surface area contributed by atoms with Crippen LogP contribution in [-0.4, -0.2) is 47.6 Å². The Labute approximate surface area is 176 Å². The molecule has 1 aliphatic heterocycles. The molecule has 2 aliphatic rings. The summed E-state index contributed by atoms with van der Waals surface area (Å²) in [5.74, 6) is 0.778. The summed E-state index contributed by atoms with van der Waals surface area (Å²) in [6, 6.07) is 7.44. The van der Waals surface area contributed by atoms with Crippen molar-refractivity contribution < 1.29 is 19.2 Å². The second-order valence-electron chi connectivity index (χ2n) is 7.90. The molecule has 3 aromatic rings. The fraction of sp³-hybridized carbons (Fsp3) is 0.273. The Balaban J connectivity index is 1.80. The molecule has 0 saturated heterocycles. The zero-order chi connectivity index (χ0) is 21.9. The number of rotatable bonds is 5. The molecular weight excluding hydrogens is 402 g/mol. The molecule has 1 aliphatic carbocycles. The number of nitro groups is 1. The standard InChI is InChI=1S/C22H19N3O6/c1-23(2)6-3-7-24-20-14-9-17-18(31-11-30-17)10-15(14)21(26)19(20)13-5-4-12(25(28)29)8-16(13)22(24)27/h4-5,8-10H,3,6-7,11H2,1-2H3. The van der Waals surface area contributed by atoms with Gasteiger partial charge in [-0.15, -0.1) is 0 Å². The minimum Gasteiger partial charge on any atom is -0.454 e. The summed E-state index contributed by atoms with van der Waals surface area (Å²) in [4.78, 5) is 39.6. The molecule has 0 amide bonds. The summed E-state index contributed by atoms with van der Waals surface area (Å²) in [5, 5.41) is 11.9. The van der Waals surface area contributed by atoms with Gasteiger partial charge in [0.15, 0.2) is 17.3 Å². The van der Waals surface area contributed by atoms with Gasteiger partial charge in [-0.25, -0.2) is 0 Å². The van der Waals surface area contributed by atoms with Crippen LogP contribution >= 0.6 is 0 Å². The van der Waals surface area contributed by atoms with Crippen molar-refractivity contribution in [3.8, 4) is 22.8 Å². The molecule has 0 fully saturated rings. The highest BCUT2D eigenvalue weighted by atomic mass is 16.7. The summed E-state index contributed by atoms with van der Waals surface area (Å²) in [7, 11) is 3.88. The number of hydrogen-bond donors (Lipinski definition) is 0. The topological polar surface area (TPSA) is 104 Å². The number of carbonyl (C=O) groups is 1. The number of ether oxygens (including phenoxy) is 2. The lowest BCUT2D eigenvalue weighted by atomic mass is 10.0. The van der Waals surface area contributed by atoms with Crippen molar-refractivity contribution in [2.24, 2.45) is 0 Å². The quantitative estimate of drug-likeness (QED) is 0.360. The maximum atomic E-state index is 13.4. The van der Waals surface area contributed by atoms with E-state index in [9.17, 15) is 19.7 Å². The highest BCUT2D eigenvalue weighted by molar-refractivity contribution is 6.27. The summed E-state index contributed by atoms with van der Waals surface area (Å²) in [6.07, 6.45) is 0.674. The van der Waals surface area contributed by atoms with Crippen LogP contribution in [0.5, 0.6) is 11.5 Å². The predicted octanol–water partition coefficient (Wildman–Crippen LogP) is 2.80. The molecule has 31 heavy (non-hydrogen) atoms. The van der Waals surface area contributed by atoms with Gasteiger partial charge >= 0.3 is 0 Å². The molecule has 158 valence electrons. The fourth-order valence-electron chi connectivity index (χ4n) is 4.28. The first kappa shape index (κ1) is 19.3. The second-order valence-corrected chi connectivity index (χ2v) is 7.90. The van der Waals surface area contributed by atoms with Crippen molar-refractivity contribution in [1.82, 2.24) is 9.47 Å². The van der Waals surface area contributed by atoms with Crippen molar-refractivity contribution in [3.63, 3.8) is 0 Å². The van der Waals surface area contributed by atoms with Crippen LogP contribution in [0.15, 0.2) is 35.1 Å². The normalized spacial score (nSPS) is 13.7. The van der Waals surface area contributed by atoms with Crippen LogP contribution in [0.1, 0.15) is 22.3 Å². The Bertz CT molecular complexity index is 1340. The number of benzene rings is 2. The van der Waals surface area contributed by atoms with Gasteiger partial charge in [0.2, 0.25) is 6.79 Å². The smallest absolute Gasteiger partial charge is 0.270 e. The van der Waals surface area contributed by atoms with Gasteiger partial charge in [-0.05, 0) is 45.3 Å². The van der Waals surface area contributed by atoms with Crippen molar-refractivity contribution in [2.45, 2.75) is 13.0 Å². The van der Waals surface area contributed by atoms with E-state index in [0.717, 1.165) is 6.54 Å². The molecule has 0 unspecified atom stereocenters. The predicted molar refractivity (Wildman–Crippen MR) is 113 cm³/mol. The van der Waals surface area contributed by atoms with E-state index in [1.807, 2.05) is 19.0 Å². The van der Waals surface area contributed by atoms with Gasteiger partial charge in [0.05, 0.1) is 21.6 Å². The highest BCUT2D eigenvalue weighted by Gasteiger charge is 2.35. The fourth-order valence-corrected chi connectivity index (χ4v) is 4.28. The van der Waals surface area contributed by atoms with Crippen molar-refractivity contribution in [3.05, 3.63) is 61.9 Å². The Morgan fingerprint density at radius 1 is 1.06 bits per heavy atom. The molecule has 0 saturated carbocycles. The number of aromatic nitrogens is 1. The molecule has 2 heterocycles. The third-order valence-corrected chi connectivity index (χ3v) is 5.69. The van der Waals surface area contributed by atoms with E-state index >= 15 is 0 Å². The van der Waals surface area contributed by atoms with Crippen LogP contribution in [0.25, 0.3) is 22.0 Å². The number of hydrogen-bond acceptors (Lipinski definition) is 7. The molecule has 2 aromatic carbocycles. The molecule has 0 radical (unpaired) electrons. The maximum Gasteiger partial charge on any atom is 0.270 e. The molecule has 0 atom stereocenters. The Kier molecular flexibility index (Phi) is 4.30. The maximum absolute atomic E-state index is 13.4. The van der Waals surface area contributed by atoms with Crippen molar-refractivity contribution in [1.29, 1.82) is 0 Å². The summed E-state index contributed by atoms with van der Waals surface area (Å²) < 4.78 is 12.5. The van der Waals surface area contributed by atoms with Crippen molar-refractivity contribution >= 4 is 22.2 Å². The van der Waals surface area contributed by atoms with Crippen LogP contribution in [0.2, 0.25) is 0 Å². The second kappa shape index (κ2) is 6.92. The minimum atomic E-state index is -0.543. The SMILES string of the molecule is CN(C)CCCn1c2c(c3ccc([N+](=O)[O-])cc3c1=O)C(=O)c1cc3c(cc1-2)OCO3. The monoisotopic (exact) mass is 421 g/mol. The zero-order valence-electron chi connectivity index (χ0n) is 17.0. The van der Waals surface area contributed by atoms with Gasteiger partial charge in [0.1, 0.15) is 0 Å². The molecule has 9 nitrogen and oxygen atoms in total. The van der Waals surface area contributed by atoms with E-state index in [1.54, 1.807) is 16.7 Å². The summed E-state index contributed by atoms with van der Waals surface area (Å²) >= 11 is 0. The largest absolute Gasteiger partial charge is 0.454 e.